The Morgan fingerprint density at radius 3 is 2.40 bits per heavy atom. The van der Waals surface area contributed by atoms with Gasteiger partial charge in [-0.25, -0.2) is 18.2 Å². The second-order valence-corrected chi connectivity index (χ2v) is 15.7. The number of benzene rings is 3. The second kappa shape index (κ2) is 16.0. The van der Waals surface area contributed by atoms with Crippen LogP contribution in [0, 0.1) is 5.92 Å². The number of carboxylic acids is 1. The zero-order chi connectivity index (χ0) is 38.6. The summed E-state index contributed by atoms with van der Waals surface area (Å²) in [4.78, 5) is 45.5. The lowest BCUT2D eigenvalue weighted by Gasteiger charge is -2.33. The Hall–Kier alpha value is -5.57. The Kier molecular flexibility index (Phi) is 11.7. The van der Waals surface area contributed by atoms with Crippen LogP contribution in [0.5, 0.6) is 11.5 Å². The molecule has 2 amide bonds. The number of fused-ring (bicyclic) bond motifs is 1. The first kappa shape index (κ1) is 38.7. The van der Waals surface area contributed by atoms with Crippen molar-refractivity contribution in [2.75, 3.05) is 36.6 Å². The van der Waals surface area contributed by atoms with Crippen LogP contribution in [0.4, 0.5) is 22.0 Å². The third kappa shape index (κ3) is 8.25. The number of aromatic nitrogens is 1. The molecular weight excluding hydrogens is 703 g/mol. The number of anilines is 3. The number of nitrogens with zero attached hydrogens (tertiary/aromatic N) is 2. The van der Waals surface area contributed by atoms with Gasteiger partial charge in [0.2, 0.25) is 5.91 Å². The van der Waals surface area contributed by atoms with E-state index in [-0.39, 0.29) is 35.2 Å². The van der Waals surface area contributed by atoms with Gasteiger partial charge in [-0.15, -0.1) is 0 Å². The number of carbonyl (C=O) groups is 3. The number of nitrogens with one attached hydrogen (secondary N) is 2. The van der Waals surface area contributed by atoms with Gasteiger partial charge in [0.1, 0.15) is 11.9 Å². The molecule has 15 heteroatoms. The van der Waals surface area contributed by atoms with Gasteiger partial charge in [-0.2, -0.15) is 0 Å². The number of amides is 2. The Bertz CT molecular complexity index is 2120. The van der Waals surface area contributed by atoms with Crippen molar-refractivity contribution in [2.45, 2.75) is 69.4 Å². The summed E-state index contributed by atoms with van der Waals surface area (Å²) in [6, 6.07) is 14.1. The number of likely N-dealkylation sites (tertiary alicyclic amines) is 1. The number of carbonyl (C=O) groups excluding carboxylic acids is 2. The number of aliphatic carboxylic acids is 1. The van der Waals surface area contributed by atoms with Crippen LogP contribution in [-0.4, -0.2) is 73.0 Å². The molecule has 1 saturated heterocycles. The van der Waals surface area contributed by atoms with E-state index in [0.717, 1.165) is 10.8 Å². The Morgan fingerprint density at radius 2 is 1.74 bits per heavy atom. The lowest BCUT2D eigenvalue weighted by molar-refractivity contribution is -0.143. The van der Waals surface area contributed by atoms with Gasteiger partial charge in [-0.3, -0.25) is 14.9 Å². The molecule has 2 heterocycles. The first-order chi connectivity index (χ1) is 25.2. The van der Waals surface area contributed by atoms with E-state index in [1.165, 1.54) is 44.1 Å². The fourth-order valence-corrected chi connectivity index (χ4v) is 7.73. The average Bonchev–Trinajstić information content (AvgIpc) is 3.57. The van der Waals surface area contributed by atoms with Gasteiger partial charge >= 0.3 is 12.1 Å². The van der Waals surface area contributed by atoms with Gasteiger partial charge in [0.25, 0.3) is 0 Å². The molecule has 0 radical (unpaired) electrons. The zero-order valence-corrected chi connectivity index (χ0v) is 31.3. The Morgan fingerprint density at radius 1 is 1.00 bits per heavy atom. The van der Waals surface area contributed by atoms with Gasteiger partial charge < -0.3 is 35.3 Å². The summed E-state index contributed by atoms with van der Waals surface area (Å²) in [5.74, 6) is -1.67. The van der Waals surface area contributed by atoms with E-state index in [0.29, 0.717) is 35.2 Å². The van der Waals surface area contributed by atoms with Crippen LogP contribution in [0.1, 0.15) is 64.3 Å². The van der Waals surface area contributed by atoms with E-state index < -0.39 is 51.1 Å². The topological polar surface area (TPSA) is 199 Å². The van der Waals surface area contributed by atoms with Gasteiger partial charge in [0.05, 0.1) is 41.9 Å². The summed E-state index contributed by atoms with van der Waals surface area (Å²) in [5, 5.41) is 17.0. The molecule has 3 atom stereocenters. The molecule has 4 aromatic rings. The summed E-state index contributed by atoms with van der Waals surface area (Å²) in [5.41, 5.74) is 7.37. The highest BCUT2D eigenvalue weighted by molar-refractivity contribution is 7.92. The van der Waals surface area contributed by atoms with Crippen LogP contribution < -0.4 is 25.8 Å². The standard InChI is InChI=1S/C38H45N5O9S/c1-7-51-31-19-24(8-12-30(31)52-21(2)3)33(41-25-9-11-27-23(18-25)14-16-40-35(27)39)36(44)43-17-15-28(37(45)46)34(43)29-20-26(42-38(47)50-6)10-13-32(29)53(48,49)22(4)5/h8-14,16,18-22,28,33-34,41H,7,15,17H2,1-6H3,(H2,39,40)(H,42,47)(H,45,46)/t28-,33?,34-/m1/s1. The van der Waals surface area contributed by atoms with Crippen LogP contribution >= 0.6 is 0 Å². The largest absolute Gasteiger partial charge is 0.490 e. The molecule has 0 spiro atoms. The molecule has 5 rings (SSSR count). The fourth-order valence-electron chi connectivity index (χ4n) is 6.46. The van der Waals surface area contributed by atoms with Crippen molar-refractivity contribution in [1.82, 2.24) is 9.88 Å². The summed E-state index contributed by atoms with van der Waals surface area (Å²) in [6.07, 6.45) is 0.659. The molecule has 53 heavy (non-hydrogen) atoms. The fraction of sp³-hybridized carbons (Fsp3) is 0.368. The van der Waals surface area contributed by atoms with Gasteiger partial charge in [0, 0.05) is 29.5 Å². The predicted molar refractivity (Wildman–Crippen MR) is 201 cm³/mol. The van der Waals surface area contributed by atoms with Crippen LogP contribution in [0.3, 0.4) is 0 Å². The van der Waals surface area contributed by atoms with Crippen LogP contribution in [0.25, 0.3) is 10.8 Å². The van der Waals surface area contributed by atoms with Crippen LogP contribution in [0.2, 0.25) is 0 Å². The number of ether oxygens (including phenoxy) is 3. The predicted octanol–water partition coefficient (Wildman–Crippen LogP) is 6.19. The SMILES string of the molecule is CCOc1cc(C(Nc2ccc3c(N)nccc3c2)C(=O)N2CC[C@@H](C(=O)O)[C@@H]2c2cc(NC(=O)OC)ccc2S(=O)(=O)C(C)C)ccc1OC(C)C. The average molecular weight is 748 g/mol. The molecule has 1 aliphatic rings. The highest BCUT2D eigenvalue weighted by Gasteiger charge is 2.46. The number of methoxy groups -OCH3 is 1. The summed E-state index contributed by atoms with van der Waals surface area (Å²) < 4.78 is 44.2. The smallest absolute Gasteiger partial charge is 0.411 e. The summed E-state index contributed by atoms with van der Waals surface area (Å²) >= 11 is 0. The Balaban J connectivity index is 1.68. The molecule has 0 aliphatic carbocycles. The highest BCUT2D eigenvalue weighted by Crippen LogP contribution is 2.44. The maximum Gasteiger partial charge on any atom is 0.411 e. The molecule has 282 valence electrons. The van der Waals surface area contributed by atoms with E-state index in [2.05, 4.69) is 15.6 Å². The lowest BCUT2D eigenvalue weighted by atomic mass is 9.92. The minimum absolute atomic E-state index is 0.00125. The van der Waals surface area contributed by atoms with Crippen molar-refractivity contribution in [3.63, 3.8) is 0 Å². The molecule has 1 unspecified atom stereocenters. The van der Waals surface area contributed by atoms with E-state index >= 15 is 4.79 Å². The number of hydrogen-bond donors (Lipinski definition) is 4. The summed E-state index contributed by atoms with van der Waals surface area (Å²) in [7, 11) is -2.82. The number of nitrogens with two attached hydrogens (primary N) is 1. The normalized spacial score (nSPS) is 16.4. The van der Waals surface area contributed by atoms with Crippen LogP contribution in [-0.2, 0) is 24.2 Å². The van der Waals surface area contributed by atoms with Crippen LogP contribution in [0.15, 0.2) is 71.8 Å². The molecule has 3 aromatic carbocycles. The van der Waals surface area contributed by atoms with Crippen molar-refractivity contribution in [3.05, 3.63) is 78.0 Å². The van der Waals surface area contributed by atoms with Gasteiger partial charge in [0.15, 0.2) is 21.3 Å². The third-order valence-corrected chi connectivity index (χ3v) is 11.2. The first-order valence-corrected chi connectivity index (χ1v) is 18.8. The van der Waals surface area contributed by atoms with E-state index in [1.807, 2.05) is 26.8 Å². The molecule has 0 saturated carbocycles. The van der Waals surface area contributed by atoms with E-state index in [9.17, 15) is 23.1 Å². The number of hydrogen-bond acceptors (Lipinski definition) is 11. The Labute approximate surface area is 308 Å². The molecule has 1 aliphatic heterocycles. The van der Waals surface area contributed by atoms with Crippen molar-refractivity contribution in [2.24, 2.45) is 5.92 Å². The molecule has 1 fully saturated rings. The van der Waals surface area contributed by atoms with Gasteiger partial charge in [-0.1, -0.05) is 6.07 Å². The van der Waals surface area contributed by atoms with Crippen molar-refractivity contribution >= 4 is 55.8 Å². The minimum atomic E-state index is -4.00. The lowest BCUT2D eigenvalue weighted by Crippen LogP contribution is -2.40. The zero-order valence-electron chi connectivity index (χ0n) is 30.5. The van der Waals surface area contributed by atoms with Crippen molar-refractivity contribution in [1.29, 1.82) is 0 Å². The number of sulfone groups is 1. The van der Waals surface area contributed by atoms with E-state index in [4.69, 9.17) is 19.9 Å². The molecule has 14 nitrogen and oxygen atoms in total. The number of pyridine rings is 1. The first-order valence-electron chi connectivity index (χ1n) is 17.3. The third-order valence-electron chi connectivity index (χ3n) is 9.00. The minimum Gasteiger partial charge on any atom is -0.490 e. The van der Waals surface area contributed by atoms with E-state index in [1.54, 1.807) is 42.6 Å². The van der Waals surface area contributed by atoms with Crippen molar-refractivity contribution < 1.29 is 42.1 Å². The number of carboxylic acid groups (broad SMARTS) is 1. The molecule has 0 bridgehead atoms. The maximum absolute atomic E-state index is 15.1. The number of nitrogen functional groups attached to an aromatic ring is 1. The summed E-state index contributed by atoms with van der Waals surface area (Å²) in [6.45, 7) is 8.95. The molecule has 5 N–H and O–H groups in total. The van der Waals surface area contributed by atoms with Crippen molar-refractivity contribution in [3.8, 4) is 11.5 Å². The molecular formula is C38H45N5O9S. The quantitative estimate of drug-likeness (QED) is 0.121. The van der Waals surface area contributed by atoms with Gasteiger partial charge in [-0.05, 0) is 112 Å². The highest BCUT2D eigenvalue weighted by atomic mass is 32.2. The maximum atomic E-state index is 15.1. The number of rotatable bonds is 13. The monoisotopic (exact) mass is 747 g/mol. The second-order valence-electron chi connectivity index (χ2n) is 13.2. The molecule has 1 aromatic heterocycles.